The van der Waals surface area contributed by atoms with E-state index in [1.54, 1.807) is 10.8 Å². The molecule has 100 valence electrons. The van der Waals surface area contributed by atoms with Crippen LogP contribution in [0.3, 0.4) is 0 Å². The first-order valence-electron chi connectivity index (χ1n) is 5.96. The Labute approximate surface area is 120 Å². The van der Waals surface area contributed by atoms with Gasteiger partial charge in [-0.25, -0.2) is 4.98 Å². The predicted octanol–water partition coefficient (Wildman–Crippen LogP) is 2.43. The van der Waals surface area contributed by atoms with Crippen LogP contribution in [0.4, 0.5) is 5.82 Å². The molecule has 0 aliphatic heterocycles. The van der Waals surface area contributed by atoms with Gasteiger partial charge in [-0.3, -0.25) is 4.79 Å². The molecule has 2 heterocycles. The normalized spacial score (nSPS) is 10.5. The highest BCUT2D eigenvalue weighted by molar-refractivity contribution is 9.10. The lowest BCUT2D eigenvalue weighted by molar-refractivity contribution is 0.747. The molecule has 0 spiro atoms. The molecular weight excluding hydrogens is 306 g/mol. The lowest BCUT2D eigenvalue weighted by Crippen LogP contribution is -2.22. The van der Waals surface area contributed by atoms with Gasteiger partial charge in [0.2, 0.25) is 0 Å². The zero-order valence-corrected chi connectivity index (χ0v) is 12.8. The highest BCUT2D eigenvalue weighted by atomic mass is 79.9. The number of aromatic nitrogens is 2. The van der Waals surface area contributed by atoms with Crippen LogP contribution in [0.15, 0.2) is 39.9 Å². The van der Waals surface area contributed by atoms with Crippen molar-refractivity contribution in [3.63, 3.8) is 0 Å². The summed E-state index contributed by atoms with van der Waals surface area (Å²) in [5, 5.41) is 0. The van der Waals surface area contributed by atoms with Gasteiger partial charge < -0.3 is 9.47 Å². The van der Waals surface area contributed by atoms with Gasteiger partial charge in [-0.1, -0.05) is 0 Å². The zero-order chi connectivity index (χ0) is 14.0. The van der Waals surface area contributed by atoms with Gasteiger partial charge in [0, 0.05) is 36.5 Å². The van der Waals surface area contributed by atoms with Gasteiger partial charge in [-0.05, 0) is 46.6 Å². The fourth-order valence-corrected chi connectivity index (χ4v) is 2.45. The minimum atomic E-state index is 0.0337. The van der Waals surface area contributed by atoms with E-state index in [0.29, 0.717) is 6.54 Å². The Morgan fingerprint density at radius 3 is 2.79 bits per heavy atom. The summed E-state index contributed by atoms with van der Waals surface area (Å²) >= 11 is 3.42. The topological polar surface area (TPSA) is 38.1 Å². The van der Waals surface area contributed by atoms with Gasteiger partial charge >= 0.3 is 0 Å². The number of halogens is 1. The Hall–Kier alpha value is -1.62. The molecule has 0 aromatic carbocycles. The maximum atomic E-state index is 12.1. The molecule has 0 N–H and O–H groups in total. The van der Waals surface area contributed by atoms with Crippen molar-refractivity contribution in [1.82, 2.24) is 9.55 Å². The van der Waals surface area contributed by atoms with E-state index < -0.39 is 0 Å². The van der Waals surface area contributed by atoms with E-state index in [-0.39, 0.29) is 5.56 Å². The summed E-state index contributed by atoms with van der Waals surface area (Å²) in [6.07, 6.45) is 3.58. The van der Waals surface area contributed by atoms with Gasteiger partial charge in [0.1, 0.15) is 5.82 Å². The van der Waals surface area contributed by atoms with Crippen LogP contribution in [0.2, 0.25) is 0 Å². The largest absolute Gasteiger partial charge is 0.363 e. The Morgan fingerprint density at radius 1 is 1.37 bits per heavy atom. The second-order valence-electron chi connectivity index (χ2n) is 4.69. The van der Waals surface area contributed by atoms with Crippen molar-refractivity contribution in [3.8, 4) is 0 Å². The van der Waals surface area contributed by atoms with Gasteiger partial charge in [0.15, 0.2) is 0 Å². The first-order chi connectivity index (χ1) is 8.97. The van der Waals surface area contributed by atoms with Gasteiger partial charge in [-0.2, -0.15) is 0 Å². The Morgan fingerprint density at radius 2 is 2.11 bits per heavy atom. The molecule has 2 rings (SSSR count). The van der Waals surface area contributed by atoms with E-state index in [1.807, 2.05) is 50.3 Å². The molecular formula is C14H16BrN3O. The lowest BCUT2D eigenvalue weighted by atomic mass is 10.2. The molecule has 0 bridgehead atoms. The number of anilines is 1. The van der Waals surface area contributed by atoms with Crippen molar-refractivity contribution in [2.24, 2.45) is 0 Å². The molecule has 0 saturated heterocycles. The molecule has 0 radical (unpaired) electrons. The van der Waals surface area contributed by atoms with E-state index in [0.717, 1.165) is 21.4 Å². The summed E-state index contributed by atoms with van der Waals surface area (Å²) < 4.78 is 2.61. The molecule has 0 saturated carbocycles. The Bertz CT molecular complexity index is 649. The Balaban J connectivity index is 2.36. The van der Waals surface area contributed by atoms with Gasteiger partial charge in [0.05, 0.1) is 6.54 Å². The Kier molecular flexibility index (Phi) is 4.04. The summed E-state index contributed by atoms with van der Waals surface area (Å²) in [4.78, 5) is 18.3. The van der Waals surface area contributed by atoms with Crippen molar-refractivity contribution < 1.29 is 0 Å². The molecule has 0 amide bonds. The molecule has 0 fully saturated rings. The molecule has 2 aromatic heterocycles. The third-order valence-electron chi connectivity index (χ3n) is 2.85. The van der Waals surface area contributed by atoms with Crippen LogP contribution in [0, 0.1) is 6.92 Å². The summed E-state index contributed by atoms with van der Waals surface area (Å²) in [5.41, 5.74) is 1.82. The number of nitrogens with zero attached hydrogens (tertiary/aromatic N) is 3. The van der Waals surface area contributed by atoms with Crippen molar-refractivity contribution in [2.45, 2.75) is 13.5 Å². The van der Waals surface area contributed by atoms with Crippen LogP contribution in [-0.2, 0) is 6.54 Å². The third kappa shape index (κ3) is 3.23. The molecule has 0 aliphatic carbocycles. The number of rotatable bonds is 3. The third-order valence-corrected chi connectivity index (χ3v) is 3.29. The van der Waals surface area contributed by atoms with Gasteiger partial charge in [0.25, 0.3) is 5.56 Å². The first kappa shape index (κ1) is 13.8. The minimum absolute atomic E-state index is 0.0337. The smallest absolute Gasteiger partial charge is 0.253 e. The molecule has 0 aliphatic rings. The van der Waals surface area contributed by atoms with Crippen molar-refractivity contribution in [1.29, 1.82) is 0 Å². The number of pyridine rings is 2. The fourth-order valence-electron chi connectivity index (χ4n) is 1.86. The predicted molar refractivity (Wildman–Crippen MR) is 80.8 cm³/mol. The summed E-state index contributed by atoms with van der Waals surface area (Å²) in [5.74, 6) is 0.886. The standard InChI is InChI=1S/C14H16BrN3O/c1-10-6-12(15)9-18(14(10)19)8-11-4-5-16-13(7-11)17(2)3/h4-7,9H,8H2,1-3H3. The second kappa shape index (κ2) is 5.57. The minimum Gasteiger partial charge on any atom is -0.363 e. The van der Waals surface area contributed by atoms with Gasteiger partial charge in [-0.15, -0.1) is 0 Å². The molecule has 4 nitrogen and oxygen atoms in total. The maximum absolute atomic E-state index is 12.1. The SMILES string of the molecule is Cc1cc(Br)cn(Cc2ccnc(N(C)C)c2)c1=O. The van der Waals surface area contributed by atoms with Crippen LogP contribution in [0.5, 0.6) is 0 Å². The average Bonchev–Trinajstić information content (AvgIpc) is 2.35. The van der Waals surface area contributed by atoms with Crippen LogP contribution in [0.1, 0.15) is 11.1 Å². The van der Waals surface area contributed by atoms with Crippen LogP contribution in [0.25, 0.3) is 0 Å². The maximum Gasteiger partial charge on any atom is 0.253 e. The molecule has 5 heteroatoms. The highest BCUT2D eigenvalue weighted by Crippen LogP contribution is 2.12. The van der Waals surface area contributed by atoms with E-state index in [2.05, 4.69) is 20.9 Å². The van der Waals surface area contributed by atoms with Crippen LogP contribution in [-0.4, -0.2) is 23.6 Å². The lowest BCUT2D eigenvalue weighted by Gasteiger charge is -2.13. The summed E-state index contributed by atoms with van der Waals surface area (Å²) in [6.45, 7) is 2.36. The van der Waals surface area contributed by atoms with Crippen LogP contribution >= 0.6 is 15.9 Å². The van der Waals surface area contributed by atoms with E-state index in [4.69, 9.17) is 0 Å². The number of hydrogen-bond acceptors (Lipinski definition) is 3. The van der Waals surface area contributed by atoms with Crippen molar-refractivity contribution in [3.05, 3.63) is 56.5 Å². The quantitative estimate of drug-likeness (QED) is 0.871. The molecule has 2 aromatic rings. The average molecular weight is 322 g/mol. The van der Waals surface area contributed by atoms with E-state index in [9.17, 15) is 4.79 Å². The fraction of sp³-hybridized carbons (Fsp3) is 0.286. The first-order valence-corrected chi connectivity index (χ1v) is 6.75. The summed E-state index contributed by atoms with van der Waals surface area (Å²) in [6, 6.07) is 5.75. The molecule has 19 heavy (non-hydrogen) atoms. The molecule has 0 unspecified atom stereocenters. The van der Waals surface area contributed by atoms with Crippen molar-refractivity contribution >= 4 is 21.7 Å². The van der Waals surface area contributed by atoms with Crippen LogP contribution < -0.4 is 10.5 Å². The number of hydrogen-bond donors (Lipinski definition) is 0. The van der Waals surface area contributed by atoms with Crippen molar-refractivity contribution in [2.75, 3.05) is 19.0 Å². The van der Waals surface area contributed by atoms with E-state index in [1.165, 1.54) is 0 Å². The second-order valence-corrected chi connectivity index (χ2v) is 5.61. The zero-order valence-electron chi connectivity index (χ0n) is 11.2. The molecule has 0 atom stereocenters. The summed E-state index contributed by atoms with van der Waals surface area (Å²) in [7, 11) is 3.89. The highest BCUT2D eigenvalue weighted by Gasteiger charge is 2.04. The van der Waals surface area contributed by atoms with E-state index >= 15 is 0 Å². The number of aryl methyl sites for hydroxylation is 1. The monoisotopic (exact) mass is 321 g/mol.